The fourth-order valence-electron chi connectivity index (χ4n) is 0.621. The van der Waals surface area contributed by atoms with E-state index in [0.717, 1.165) is 0 Å². The Labute approximate surface area is 74.8 Å². The fraction of sp³-hybridized carbons (Fsp3) is 0.857. The van der Waals surface area contributed by atoms with Gasteiger partial charge in [0.05, 0.1) is 0 Å². The van der Waals surface area contributed by atoms with Crippen LogP contribution >= 0.6 is 0 Å². The molecular weight excluding hydrogens is 178 g/mol. The predicted molar refractivity (Wildman–Crippen MR) is 48.7 cm³/mol. The Morgan fingerprint density at radius 2 is 2.25 bits per heavy atom. The molecule has 0 aromatic rings. The third-order valence-electron chi connectivity index (χ3n) is 1.47. The largest absolute Gasteiger partial charge is 0.480 e. The first-order valence-electron chi connectivity index (χ1n) is 3.89. The highest BCUT2D eigenvalue weighted by Crippen LogP contribution is 1.83. The van der Waals surface area contributed by atoms with Crippen molar-refractivity contribution in [2.45, 2.75) is 19.9 Å². The molecular formula is C7H15NO3S. The molecule has 0 spiro atoms. The first-order valence-corrected chi connectivity index (χ1v) is 5.38. The Bertz CT molecular complexity index is 172. The molecule has 0 saturated heterocycles. The smallest absolute Gasteiger partial charge is 0.320 e. The van der Waals surface area contributed by atoms with Gasteiger partial charge in [-0.15, -0.1) is 0 Å². The summed E-state index contributed by atoms with van der Waals surface area (Å²) in [6.07, 6.45) is 0. The zero-order valence-corrected chi connectivity index (χ0v) is 8.19. The molecule has 0 aromatic heterocycles. The lowest BCUT2D eigenvalue weighted by molar-refractivity contribution is -0.138. The molecule has 0 aliphatic heterocycles. The van der Waals surface area contributed by atoms with Gasteiger partial charge in [-0.25, -0.2) is 0 Å². The summed E-state index contributed by atoms with van der Waals surface area (Å²) in [5, 5.41) is 11.2. The number of hydrogen-bond donors (Lipinski definition) is 2. The second kappa shape index (κ2) is 6.14. The van der Waals surface area contributed by atoms with Crippen LogP contribution in [0.3, 0.4) is 0 Å². The molecule has 0 heterocycles. The van der Waals surface area contributed by atoms with E-state index in [-0.39, 0.29) is 0 Å². The maximum Gasteiger partial charge on any atom is 0.320 e. The van der Waals surface area contributed by atoms with Crippen LogP contribution in [0.15, 0.2) is 0 Å². The first-order chi connectivity index (χ1) is 5.57. The minimum Gasteiger partial charge on any atom is -0.480 e. The van der Waals surface area contributed by atoms with E-state index >= 15 is 0 Å². The standard InChI is InChI=1S/C7H15NO3S/c1-3-12(11)5-4-8-6(2)7(9)10/h6,8H,3-5H2,1-2H3,(H,9,10). The normalized spacial score (nSPS) is 15.5. The highest BCUT2D eigenvalue weighted by atomic mass is 32.2. The SMILES string of the molecule is CCS(=O)CCNC(C)C(=O)O. The van der Waals surface area contributed by atoms with Gasteiger partial charge >= 0.3 is 5.97 Å². The average Bonchev–Trinajstić information content (AvgIpc) is 2.03. The Hall–Kier alpha value is -0.420. The summed E-state index contributed by atoms with van der Waals surface area (Å²) < 4.78 is 10.9. The Balaban J connectivity index is 3.43. The van der Waals surface area contributed by atoms with Crippen LogP contribution in [0.2, 0.25) is 0 Å². The zero-order chi connectivity index (χ0) is 9.56. The summed E-state index contributed by atoms with van der Waals surface area (Å²) in [5.74, 6) is 0.273. The van der Waals surface area contributed by atoms with Gasteiger partial charge in [0.2, 0.25) is 0 Å². The van der Waals surface area contributed by atoms with Crippen LogP contribution in [-0.2, 0) is 15.6 Å². The molecule has 12 heavy (non-hydrogen) atoms. The number of nitrogens with one attached hydrogen (secondary N) is 1. The van der Waals surface area contributed by atoms with Gasteiger partial charge < -0.3 is 10.4 Å². The highest BCUT2D eigenvalue weighted by Gasteiger charge is 2.08. The van der Waals surface area contributed by atoms with Crippen molar-refractivity contribution in [1.29, 1.82) is 0 Å². The second-order valence-electron chi connectivity index (χ2n) is 2.45. The summed E-state index contributed by atoms with van der Waals surface area (Å²) in [7, 11) is -0.812. The molecule has 0 bridgehead atoms. The first kappa shape index (κ1) is 11.6. The van der Waals surface area contributed by atoms with E-state index in [1.807, 2.05) is 6.92 Å². The van der Waals surface area contributed by atoms with Crippen LogP contribution in [0.4, 0.5) is 0 Å². The van der Waals surface area contributed by atoms with Gasteiger partial charge in [-0.2, -0.15) is 0 Å². The molecule has 2 atom stereocenters. The van der Waals surface area contributed by atoms with Crippen LogP contribution in [0.1, 0.15) is 13.8 Å². The van der Waals surface area contributed by atoms with E-state index in [9.17, 15) is 9.00 Å². The summed E-state index contributed by atoms with van der Waals surface area (Å²) in [6, 6.07) is -0.557. The van der Waals surface area contributed by atoms with Crippen molar-refractivity contribution in [3.8, 4) is 0 Å². The molecule has 2 N–H and O–H groups in total. The number of rotatable bonds is 6. The topological polar surface area (TPSA) is 66.4 Å². The number of aliphatic carboxylic acids is 1. The van der Waals surface area contributed by atoms with E-state index in [4.69, 9.17) is 5.11 Å². The van der Waals surface area contributed by atoms with Crippen molar-refractivity contribution in [3.05, 3.63) is 0 Å². The Morgan fingerprint density at radius 3 is 2.67 bits per heavy atom. The molecule has 5 heteroatoms. The third kappa shape index (κ3) is 5.26. The fourth-order valence-corrected chi connectivity index (χ4v) is 1.26. The van der Waals surface area contributed by atoms with E-state index < -0.39 is 22.8 Å². The number of hydrogen-bond acceptors (Lipinski definition) is 3. The van der Waals surface area contributed by atoms with Crippen molar-refractivity contribution in [3.63, 3.8) is 0 Å². The van der Waals surface area contributed by atoms with Crippen LogP contribution < -0.4 is 5.32 Å². The van der Waals surface area contributed by atoms with Gasteiger partial charge in [0.15, 0.2) is 0 Å². The lowest BCUT2D eigenvalue weighted by Gasteiger charge is -2.07. The minimum atomic E-state index is -0.878. The van der Waals surface area contributed by atoms with Gasteiger partial charge in [0, 0.05) is 28.9 Å². The molecule has 0 fully saturated rings. The molecule has 0 aromatic carbocycles. The van der Waals surface area contributed by atoms with E-state index in [2.05, 4.69) is 5.32 Å². The third-order valence-corrected chi connectivity index (χ3v) is 2.78. The minimum absolute atomic E-state index is 0.494. The lowest BCUT2D eigenvalue weighted by Crippen LogP contribution is -2.36. The lowest BCUT2D eigenvalue weighted by atomic mass is 10.3. The van der Waals surface area contributed by atoms with Crippen LogP contribution in [0.5, 0.6) is 0 Å². The summed E-state index contributed by atoms with van der Waals surface area (Å²) in [5.41, 5.74) is 0. The highest BCUT2D eigenvalue weighted by molar-refractivity contribution is 7.84. The molecule has 0 radical (unpaired) electrons. The number of carboxylic acids is 1. The molecule has 0 saturated carbocycles. The summed E-state index contributed by atoms with van der Waals surface area (Å²) >= 11 is 0. The maximum atomic E-state index is 10.9. The molecule has 0 amide bonds. The van der Waals surface area contributed by atoms with Gasteiger partial charge in [-0.05, 0) is 6.92 Å². The summed E-state index contributed by atoms with van der Waals surface area (Å²) in [6.45, 7) is 3.90. The van der Waals surface area contributed by atoms with E-state index in [0.29, 0.717) is 18.1 Å². The quantitative estimate of drug-likeness (QED) is 0.614. The average molecular weight is 193 g/mol. The number of carbonyl (C=O) groups is 1. The van der Waals surface area contributed by atoms with Crippen LogP contribution in [0.25, 0.3) is 0 Å². The Kier molecular flexibility index (Phi) is 5.92. The summed E-state index contributed by atoms with van der Waals surface area (Å²) in [4.78, 5) is 10.3. The van der Waals surface area contributed by atoms with Gasteiger partial charge in [0.25, 0.3) is 0 Å². The van der Waals surface area contributed by atoms with Gasteiger partial charge in [-0.1, -0.05) is 6.92 Å². The molecule has 2 unspecified atom stereocenters. The molecule has 0 aliphatic rings. The second-order valence-corrected chi connectivity index (χ2v) is 4.31. The van der Waals surface area contributed by atoms with Crippen molar-refractivity contribution >= 4 is 16.8 Å². The molecule has 72 valence electrons. The Morgan fingerprint density at radius 1 is 1.67 bits per heavy atom. The number of carboxylic acid groups (broad SMARTS) is 1. The maximum absolute atomic E-state index is 10.9. The van der Waals surface area contributed by atoms with E-state index in [1.54, 1.807) is 6.92 Å². The monoisotopic (exact) mass is 193 g/mol. The molecule has 4 nitrogen and oxygen atoms in total. The van der Waals surface area contributed by atoms with Crippen molar-refractivity contribution in [2.24, 2.45) is 0 Å². The van der Waals surface area contributed by atoms with Crippen molar-refractivity contribution in [1.82, 2.24) is 5.32 Å². The zero-order valence-electron chi connectivity index (χ0n) is 7.37. The predicted octanol–water partition coefficient (Wildman–Crippen LogP) is -0.182. The van der Waals surface area contributed by atoms with Crippen molar-refractivity contribution in [2.75, 3.05) is 18.1 Å². The van der Waals surface area contributed by atoms with Crippen LogP contribution in [0, 0.1) is 0 Å². The molecule has 0 aliphatic carbocycles. The van der Waals surface area contributed by atoms with Gasteiger partial charge in [-0.3, -0.25) is 9.00 Å². The van der Waals surface area contributed by atoms with Crippen LogP contribution in [-0.4, -0.2) is 39.4 Å². The van der Waals surface area contributed by atoms with Gasteiger partial charge in [0.1, 0.15) is 6.04 Å². The molecule has 0 rings (SSSR count). The van der Waals surface area contributed by atoms with Crippen molar-refractivity contribution < 1.29 is 14.1 Å². The van der Waals surface area contributed by atoms with E-state index in [1.165, 1.54) is 0 Å².